The fourth-order valence-electron chi connectivity index (χ4n) is 4.03. The number of ether oxygens (including phenoxy) is 1. The van der Waals surface area contributed by atoms with Crippen molar-refractivity contribution in [3.8, 4) is 5.75 Å². The number of piperidine rings is 1. The Morgan fingerprint density at radius 3 is 2.75 bits per heavy atom. The summed E-state index contributed by atoms with van der Waals surface area (Å²) in [6, 6.07) is 14.1. The maximum absolute atomic E-state index is 12.4. The quantitative estimate of drug-likeness (QED) is 0.535. The van der Waals surface area contributed by atoms with E-state index >= 15 is 0 Å². The Morgan fingerprint density at radius 1 is 1.19 bits per heavy atom. The van der Waals surface area contributed by atoms with Crippen LogP contribution in [0.3, 0.4) is 0 Å². The van der Waals surface area contributed by atoms with E-state index < -0.39 is 0 Å². The molecule has 1 aliphatic heterocycles. The van der Waals surface area contributed by atoms with Crippen LogP contribution in [0.2, 0.25) is 5.02 Å². The van der Waals surface area contributed by atoms with Crippen molar-refractivity contribution in [2.24, 2.45) is 0 Å². The summed E-state index contributed by atoms with van der Waals surface area (Å²) in [5.74, 6) is 1.18. The van der Waals surface area contributed by atoms with Crippen LogP contribution >= 0.6 is 11.6 Å². The van der Waals surface area contributed by atoms with Crippen molar-refractivity contribution >= 4 is 28.5 Å². The highest BCUT2D eigenvalue weighted by atomic mass is 35.5. The minimum atomic E-state index is -0.108. The van der Waals surface area contributed by atoms with Gasteiger partial charge in [-0.25, -0.2) is 0 Å². The zero-order valence-electron chi connectivity index (χ0n) is 18.1. The first kappa shape index (κ1) is 22.4. The Hall–Kier alpha value is -2.83. The molecule has 1 N–H and O–H groups in total. The van der Waals surface area contributed by atoms with Gasteiger partial charge in [-0.15, -0.1) is 0 Å². The van der Waals surface area contributed by atoms with Crippen LogP contribution in [0.4, 0.5) is 0 Å². The topological polar surface area (TPSA) is 71.8 Å². The van der Waals surface area contributed by atoms with Crippen molar-refractivity contribution in [1.82, 2.24) is 10.2 Å². The van der Waals surface area contributed by atoms with Crippen molar-refractivity contribution < 1.29 is 13.9 Å². The number of fused-ring (bicyclic) bond motifs is 1. The number of rotatable bonds is 7. The molecule has 4 rings (SSSR count). The van der Waals surface area contributed by atoms with Crippen molar-refractivity contribution in [2.45, 2.75) is 32.2 Å². The average molecular weight is 455 g/mol. The van der Waals surface area contributed by atoms with Crippen LogP contribution in [0.5, 0.6) is 5.75 Å². The summed E-state index contributed by atoms with van der Waals surface area (Å²) in [6.45, 7) is 5.17. The second-order valence-corrected chi connectivity index (χ2v) is 8.56. The van der Waals surface area contributed by atoms with E-state index in [1.807, 2.05) is 18.2 Å². The molecule has 0 atom stereocenters. The molecule has 0 aliphatic carbocycles. The normalized spacial score (nSPS) is 15.1. The molecule has 32 heavy (non-hydrogen) atoms. The van der Waals surface area contributed by atoms with Crippen LogP contribution in [0.15, 0.2) is 57.7 Å². The molecule has 7 heteroatoms. The number of nitrogens with zero attached hydrogens (tertiary/aromatic N) is 1. The molecular weight excluding hydrogens is 428 g/mol. The highest BCUT2D eigenvalue weighted by Gasteiger charge is 2.21. The van der Waals surface area contributed by atoms with Crippen molar-refractivity contribution in [3.05, 3.63) is 75.1 Å². The van der Waals surface area contributed by atoms with E-state index in [0.717, 1.165) is 38.9 Å². The number of nitrogens with one attached hydrogen (secondary N) is 1. The first-order chi connectivity index (χ1) is 15.5. The molecule has 0 radical (unpaired) electrons. The molecule has 1 amide bonds. The maximum Gasteiger partial charge on any atom is 0.253 e. The van der Waals surface area contributed by atoms with Crippen molar-refractivity contribution in [3.63, 3.8) is 0 Å². The zero-order valence-corrected chi connectivity index (χ0v) is 18.9. The van der Waals surface area contributed by atoms with Gasteiger partial charge < -0.3 is 19.4 Å². The third-order valence-electron chi connectivity index (χ3n) is 5.75. The lowest BCUT2D eigenvalue weighted by molar-refractivity contribution is 0.0909. The van der Waals surface area contributed by atoms with Gasteiger partial charge in [-0.2, -0.15) is 0 Å². The highest BCUT2D eigenvalue weighted by molar-refractivity contribution is 6.33. The second-order valence-electron chi connectivity index (χ2n) is 8.15. The number of amides is 1. The lowest BCUT2D eigenvalue weighted by Crippen LogP contribution is -2.45. The lowest BCUT2D eigenvalue weighted by atomic mass is 10.0. The zero-order chi connectivity index (χ0) is 22.5. The number of hydrogen-bond donors (Lipinski definition) is 1. The van der Waals surface area contributed by atoms with E-state index in [2.05, 4.69) is 10.2 Å². The fraction of sp³-hybridized carbons (Fsp3) is 0.360. The molecule has 168 valence electrons. The molecule has 0 unspecified atom stereocenters. The molecule has 0 spiro atoms. The Morgan fingerprint density at radius 2 is 1.97 bits per heavy atom. The summed E-state index contributed by atoms with van der Waals surface area (Å²) in [7, 11) is 0. The fourth-order valence-corrected chi connectivity index (χ4v) is 4.25. The van der Waals surface area contributed by atoms with Crippen molar-refractivity contribution in [2.75, 3.05) is 26.2 Å². The predicted molar refractivity (Wildman–Crippen MR) is 126 cm³/mol. The van der Waals surface area contributed by atoms with Crippen molar-refractivity contribution in [1.29, 1.82) is 0 Å². The van der Waals surface area contributed by atoms with Gasteiger partial charge in [-0.1, -0.05) is 23.7 Å². The van der Waals surface area contributed by atoms with Crippen LogP contribution in [0, 0.1) is 6.92 Å². The van der Waals surface area contributed by atoms with Gasteiger partial charge >= 0.3 is 0 Å². The number of benzene rings is 2. The summed E-state index contributed by atoms with van der Waals surface area (Å²) >= 11 is 6.12. The molecule has 0 bridgehead atoms. The van der Waals surface area contributed by atoms with E-state index in [4.69, 9.17) is 20.8 Å². The molecule has 1 aromatic heterocycles. The smallest absolute Gasteiger partial charge is 0.253 e. The summed E-state index contributed by atoms with van der Waals surface area (Å²) in [5, 5.41) is 4.14. The van der Waals surface area contributed by atoms with E-state index in [1.54, 1.807) is 31.2 Å². The minimum Gasteiger partial charge on any atom is -0.493 e. The molecule has 1 fully saturated rings. The van der Waals surface area contributed by atoms with E-state index in [1.165, 1.54) is 6.07 Å². The van der Waals surface area contributed by atoms with Crippen LogP contribution in [0.25, 0.3) is 11.0 Å². The number of halogens is 1. The average Bonchev–Trinajstić information content (AvgIpc) is 2.77. The van der Waals surface area contributed by atoms with Gasteiger partial charge in [-0.05, 0) is 50.5 Å². The van der Waals surface area contributed by atoms with Crippen LogP contribution in [-0.4, -0.2) is 43.1 Å². The molecule has 0 saturated carbocycles. The molecule has 1 saturated heterocycles. The summed E-state index contributed by atoms with van der Waals surface area (Å²) in [6.07, 6.45) is 2.73. The van der Waals surface area contributed by atoms with Gasteiger partial charge in [0.1, 0.15) is 17.1 Å². The first-order valence-corrected chi connectivity index (χ1v) is 11.3. The van der Waals surface area contributed by atoms with Crippen LogP contribution in [-0.2, 0) is 0 Å². The molecular formula is C25H27ClN2O4. The number of carbonyl (C=O) groups excluding carboxylic acids is 1. The van der Waals surface area contributed by atoms with Crippen LogP contribution in [0.1, 0.15) is 35.4 Å². The summed E-state index contributed by atoms with van der Waals surface area (Å²) in [4.78, 5) is 26.8. The van der Waals surface area contributed by atoms with E-state index in [9.17, 15) is 9.59 Å². The lowest BCUT2D eigenvalue weighted by Gasteiger charge is -2.32. The SMILES string of the molecule is Cc1cc(=O)c2ccc(OCCCN3CCC(NC(=O)c4ccccc4Cl)CC3)cc2o1. The van der Waals surface area contributed by atoms with Crippen LogP contribution < -0.4 is 15.5 Å². The Labute approximate surface area is 192 Å². The monoisotopic (exact) mass is 454 g/mol. The third-order valence-corrected chi connectivity index (χ3v) is 6.08. The minimum absolute atomic E-state index is 0.0400. The first-order valence-electron chi connectivity index (χ1n) is 10.9. The molecule has 6 nitrogen and oxygen atoms in total. The van der Waals surface area contributed by atoms with Gasteiger partial charge in [0, 0.05) is 37.8 Å². The Bertz CT molecular complexity index is 1150. The number of likely N-dealkylation sites (tertiary alicyclic amines) is 1. The summed E-state index contributed by atoms with van der Waals surface area (Å²) in [5.41, 5.74) is 1.03. The predicted octanol–water partition coefficient (Wildman–Crippen LogP) is 4.42. The van der Waals surface area contributed by atoms with Gasteiger partial charge in [0.05, 0.1) is 22.6 Å². The van der Waals surface area contributed by atoms with Gasteiger partial charge in [-0.3, -0.25) is 9.59 Å². The number of carbonyl (C=O) groups is 1. The van der Waals surface area contributed by atoms with Gasteiger partial charge in [0.25, 0.3) is 5.91 Å². The second kappa shape index (κ2) is 10.2. The number of aryl methyl sites for hydroxylation is 1. The van der Waals surface area contributed by atoms with Gasteiger partial charge in [0.2, 0.25) is 0 Å². The molecule has 2 heterocycles. The van der Waals surface area contributed by atoms with Gasteiger partial charge in [0.15, 0.2) is 5.43 Å². The summed E-state index contributed by atoms with van der Waals surface area (Å²) < 4.78 is 11.5. The Balaban J connectivity index is 1.19. The number of hydrogen-bond acceptors (Lipinski definition) is 5. The Kier molecular flexibility index (Phi) is 7.12. The standard InChI is InChI=1S/C25H27ClN2O4/c1-17-15-23(29)21-8-7-19(16-24(21)32-17)31-14-4-11-28-12-9-18(10-13-28)27-25(30)20-5-2-3-6-22(20)26/h2-3,5-8,15-16,18H,4,9-14H2,1H3,(H,27,30). The molecule has 1 aliphatic rings. The molecule has 2 aromatic carbocycles. The largest absolute Gasteiger partial charge is 0.493 e. The van der Waals surface area contributed by atoms with E-state index in [-0.39, 0.29) is 17.4 Å². The van der Waals surface area contributed by atoms with E-state index in [0.29, 0.717) is 39.7 Å². The maximum atomic E-state index is 12.4. The highest BCUT2D eigenvalue weighted by Crippen LogP contribution is 2.20. The third kappa shape index (κ3) is 5.50. The molecule has 3 aromatic rings.